The van der Waals surface area contributed by atoms with Crippen LogP contribution in [0.15, 0.2) is 48.7 Å². The zero-order chi connectivity index (χ0) is 18.4. The number of piperazine rings is 1. The molecule has 0 aliphatic carbocycles. The van der Waals surface area contributed by atoms with Crippen molar-refractivity contribution in [2.24, 2.45) is 0 Å². The maximum absolute atomic E-state index is 5.01. The Balaban J connectivity index is 0.00000192. The lowest BCUT2D eigenvalue weighted by Gasteiger charge is -2.35. The van der Waals surface area contributed by atoms with Crippen molar-refractivity contribution in [2.75, 3.05) is 13.1 Å². The van der Waals surface area contributed by atoms with E-state index in [0.29, 0.717) is 18.0 Å². The minimum Gasteiger partial charge on any atom is -0.314 e. The molecule has 4 nitrogen and oxygen atoms in total. The van der Waals surface area contributed by atoms with Crippen LogP contribution in [0, 0.1) is 0 Å². The second kappa shape index (κ2) is 7.69. The van der Waals surface area contributed by atoms with E-state index in [-0.39, 0.29) is 7.43 Å². The van der Waals surface area contributed by atoms with E-state index in [1.165, 1.54) is 29.7 Å². The first-order chi connectivity index (χ1) is 13.2. The average molecular weight is 377 g/mol. The Morgan fingerprint density at radius 1 is 1.04 bits per heavy atom. The lowest BCUT2D eigenvalue weighted by molar-refractivity contribution is 0.143. The molecule has 2 aliphatic heterocycles. The van der Waals surface area contributed by atoms with Gasteiger partial charge in [0.2, 0.25) is 0 Å². The predicted molar refractivity (Wildman–Crippen MR) is 117 cm³/mol. The molecule has 28 heavy (non-hydrogen) atoms. The van der Waals surface area contributed by atoms with Gasteiger partial charge in [-0.25, -0.2) is 4.98 Å². The lowest BCUT2D eigenvalue weighted by Crippen LogP contribution is -2.51. The molecule has 0 amide bonds. The van der Waals surface area contributed by atoms with Gasteiger partial charge in [-0.2, -0.15) is 0 Å². The standard InChI is InChI=1S/C23H28N4.CH4/c1-16(2)17-6-8-18(9-7-17)23-21(26-12-4-3-5-22(26)25-23)15-27-19-10-11-20(27)14-24-13-19;/h3-9,12,16,19-20,24H,10-11,13-15H2,1-2H3;1H4. The summed E-state index contributed by atoms with van der Waals surface area (Å²) in [5.74, 6) is 0.552. The summed E-state index contributed by atoms with van der Waals surface area (Å²) in [7, 11) is 0. The molecule has 1 N–H and O–H groups in total. The Hall–Kier alpha value is -2.17. The molecule has 2 bridgehead atoms. The molecular formula is C24H32N4. The quantitative estimate of drug-likeness (QED) is 0.716. The van der Waals surface area contributed by atoms with Crippen LogP contribution in [-0.2, 0) is 6.54 Å². The molecule has 2 atom stereocenters. The van der Waals surface area contributed by atoms with Crippen LogP contribution in [-0.4, -0.2) is 39.5 Å². The molecule has 4 heteroatoms. The second-order valence-corrected chi connectivity index (χ2v) is 8.33. The van der Waals surface area contributed by atoms with Gasteiger partial charge in [0.1, 0.15) is 5.65 Å². The van der Waals surface area contributed by atoms with Crippen LogP contribution >= 0.6 is 0 Å². The topological polar surface area (TPSA) is 32.6 Å². The van der Waals surface area contributed by atoms with Crippen LogP contribution in [0.2, 0.25) is 0 Å². The fourth-order valence-corrected chi connectivity index (χ4v) is 4.76. The van der Waals surface area contributed by atoms with Crippen LogP contribution in [0.3, 0.4) is 0 Å². The highest BCUT2D eigenvalue weighted by atomic mass is 15.3. The zero-order valence-corrected chi connectivity index (χ0v) is 16.2. The highest BCUT2D eigenvalue weighted by Gasteiger charge is 2.37. The number of aromatic nitrogens is 2. The van der Waals surface area contributed by atoms with E-state index in [4.69, 9.17) is 4.98 Å². The van der Waals surface area contributed by atoms with Gasteiger partial charge < -0.3 is 9.72 Å². The van der Waals surface area contributed by atoms with E-state index in [9.17, 15) is 0 Å². The Morgan fingerprint density at radius 3 is 2.43 bits per heavy atom. The number of fused-ring (bicyclic) bond motifs is 3. The van der Waals surface area contributed by atoms with Crippen molar-refractivity contribution in [3.63, 3.8) is 0 Å². The number of hydrogen-bond donors (Lipinski definition) is 1. The van der Waals surface area contributed by atoms with E-state index in [2.05, 4.69) is 77.1 Å². The summed E-state index contributed by atoms with van der Waals surface area (Å²) in [5, 5.41) is 3.59. The fraction of sp³-hybridized carbons (Fsp3) is 0.458. The lowest BCUT2D eigenvalue weighted by atomic mass is 10.00. The highest BCUT2D eigenvalue weighted by Crippen LogP contribution is 2.32. The summed E-state index contributed by atoms with van der Waals surface area (Å²) < 4.78 is 2.28. The maximum atomic E-state index is 5.01. The minimum atomic E-state index is 0. The van der Waals surface area contributed by atoms with Gasteiger partial charge in [0.05, 0.1) is 11.4 Å². The minimum absolute atomic E-state index is 0. The van der Waals surface area contributed by atoms with Crippen LogP contribution < -0.4 is 5.32 Å². The van der Waals surface area contributed by atoms with Gasteiger partial charge in [-0.3, -0.25) is 4.90 Å². The number of nitrogens with zero attached hydrogens (tertiary/aromatic N) is 3. The van der Waals surface area contributed by atoms with Gasteiger partial charge in [-0.15, -0.1) is 0 Å². The zero-order valence-electron chi connectivity index (χ0n) is 16.2. The van der Waals surface area contributed by atoms with E-state index < -0.39 is 0 Å². The van der Waals surface area contributed by atoms with Crippen molar-refractivity contribution in [3.8, 4) is 11.3 Å². The summed E-state index contributed by atoms with van der Waals surface area (Å²) in [6.07, 6.45) is 4.79. The first kappa shape index (κ1) is 19.2. The molecule has 2 fully saturated rings. The molecule has 2 unspecified atom stereocenters. The predicted octanol–water partition coefficient (Wildman–Crippen LogP) is 4.70. The van der Waals surface area contributed by atoms with Crippen molar-refractivity contribution in [1.82, 2.24) is 19.6 Å². The summed E-state index contributed by atoms with van der Waals surface area (Å²) >= 11 is 0. The molecule has 0 saturated carbocycles. The Labute approximate surface area is 168 Å². The first-order valence-electron chi connectivity index (χ1n) is 10.2. The van der Waals surface area contributed by atoms with Crippen LogP contribution in [0.5, 0.6) is 0 Å². The molecule has 4 heterocycles. The third-order valence-corrected chi connectivity index (χ3v) is 6.34. The molecule has 2 aromatic heterocycles. The third kappa shape index (κ3) is 3.25. The van der Waals surface area contributed by atoms with Gasteiger partial charge in [0.25, 0.3) is 0 Å². The summed E-state index contributed by atoms with van der Waals surface area (Å²) in [6, 6.07) is 16.6. The number of pyridine rings is 1. The van der Waals surface area contributed by atoms with Crippen molar-refractivity contribution in [2.45, 2.75) is 58.7 Å². The molecule has 0 spiro atoms. The second-order valence-electron chi connectivity index (χ2n) is 8.33. The fourth-order valence-electron chi connectivity index (χ4n) is 4.76. The monoisotopic (exact) mass is 376 g/mol. The van der Waals surface area contributed by atoms with Gasteiger partial charge in [-0.05, 0) is 36.5 Å². The van der Waals surface area contributed by atoms with Gasteiger partial charge in [0.15, 0.2) is 0 Å². The van der Waals surface area contributed by atoms with Gasteiger partial charge in [-0.1, -0.05) is 51.6 Å². The van der Waals surface area contributed by atoms with Crippen molar-refractivity contribution in [1.29, 1.82) is 0 Å². The largest absolute Gasteiger partial charge is 0.314 e. The Bertz CT molecular complexity index is 925. The molecule has 5 rings (SSSR count). The molecular weight excluding hydrogens is 344 g/mol. The van der Waals surface area contributed by atoms with Gasteiger partial charge in [0, 0.05) is 43.5 Å². The smallest absolute Gasteiger partial charge is 0.137 e. The third-order valence-electron chi connectivity index (χ3n) is 6.34. The van der Waals surface area contributed by atoms with E-state index in [0.717, 1.165) is 31.0 Å². The van der Waals surface area contributed by atoms with Crippen molar-refractivity contribution in [3.05, 3.63) is 59.9 Å². The van der Waals surface area contributed by atoms with Crippen molar-refractivity contribution >= 4 is 5.65 Å². The van der Waals surface area contributed by atoms with E-state index in [1.807, 2.05) is 0 Å². The molecule has 2 aliphatic rings. The molecule has 2 saturated heterocycles. The summed E-state index contributed by atoms with van der Waals surface area (Å²) in [4.78, 5) is 7.72. The number of nitrogens with one attached hydrogen (secondary N) is 1. The molecule has 1 aromatic carbocycles. The van der Waals surface area contributed by atoms with E-state index in [1.54, 1.807) is 0 Å². The number of benzene rings is 1. The summed E-state index contributed by atoms with van der Waals surface area (Å²) in [6.45, 7) is 7.69. The Morgan fingerprint density at radius 2 is 1.75 bits per heavy atom. The summed E-state index contributed by atoms with van der Waals surface area (Å²) in [5.41, 5.74) is 6.10. The molecule has 3 aromatic rings. The molecule has 0 radical (unpaired) electrons. The van der Waals surface area contributed by atoms with Crippen LogP contribution in [0.4, 0.5) is 0 Å². The average Bonchev–Trinajstić information content (AvgIpc) is 3.15. The first-order valence-corrected chi connectivity index (χ1v) is 10.2. The SMILES string of the molecule is C.CC(C)c1ccc(-c2nc3ccccn3c2CN2C3CCC2CNC3)cc1. The Kier molecular flexibility index (Phi) is 5.26. The normalized spacial score (nSPS) is 22.0. The highest BCUT2D eigenvalue weighted by molar-refractivity contribution is 5.67. The van der Waals surface area contributed by atoms with E-state index >= 15 is 0 Å². The van der Waals surface area contributed by atoms with Gasteiger partial charge >= 0.3 is 0 Å². The number of rotatable bonds is 4. The van der Waals surface area contributed by atoms with Crippen LogP contribution in [0.25, 0.3) is 16.9 Å². The molecule has 148 valence electrons. The van der Waals surface area contributed by atoms with Crippen LogP contribution in [0.1, 0.15) is 51.3 Å². The number of hydrogen-bond acceptors (Lipinski definition) is 3. The maximum Gasteiger partial charge on any atom is 0.137 e. The van der Waals surface area contributed by atoms with Crippen molar-refractivity contribution < 1.29 is 0 Å². The number of imidazole rings is 1.